The van der Waals surface area contributed by atoms with E-state index in [1.807, 2.05) is 57.2 Å². The fourth-order valence-corrected chi connectivity index (χ4v) is 3.09. The van der Waals surface area contributed by atoms with Crippen LogP contribution in [0.4, 0.5) is 5.69 Å². The lowest BCUT2D eigenvalue weighted by Gasteiger charge is -2.14. The summed E-state index contributed by atoms with van der Waals surface area (Å²) >= 11 is 4.97. The van der Waals surface area contributed by atoms with Crippen molar-refractivity contribution in [2.75, 3.05) is 5.32 Å². The molecule has 0 aromatic heterocycles. The molecule has 2 rings (SSSR count). The zero-order chi connectivity index (χ0) is 15.4. The monoisotopic (exact) mass is 363 g/mol. The summed E-state index contributed by atoms with van der Waals surface area (Å²) in [5.41, 5.74) is 3.17. The number of benzene rings is 2. The van der Waals surface area contributed by atoms with Gasteiger partial charge in [0.05, 0.1) is 5.25 Å². The Labute approximate surface area is 138 Å². The number of nitrogens with one attached hydrogen (secondary N) is 1. The van der Waals surface area contributed by atoms with E-state index in [0.717, 1.165) is 20.6 Å². The first kappa shape index (κ1) is 16.1. The first-order valence-electron chi connectivity index (χ1n) is 6.76. The van der Waals surface area contributed by atoms with Crippen LogP contribution in [0.1, 0.15) is 18.1 Å². The molecule has 0 radical (unpaired) electrons. The van der Waals surface area contributed by atoms with Gasteiger partial charge >= 0.3 is 0 Å². The Hall–Kier alpha value is -1.26. The smallest absolute Gasteiger partial charge is 0.237 e. The number of hydrogen-bond acceptors (Lipinski definition) is 2. The molecule has 1 amide bonds. The molecule has 0 fully saturated rings. The van der Waals surface area contributed by atoms with E-state index >= 15 is 0 Å². The van der Waals surface area contributed by atoms with Crippen LogP contribution < -0.4 is 5.32 Å². The van der Waals surface area contributed by atoms with E-state index in [9.17, 15) is 4.79 Å². The normalized spacial score (nSPS) is 12.0. The van der Waals surface area contributed by atoms with E-state index in [-0.39, 0.29) is 11.2 Å². The zero-order valence-electron chi connectivity index (χ0n) is 12.3. The standard InChI is InChI=1S/C17H18BrNOS/c1-11-4-9-16(12(2)10-11)19-17(20)13(3)21-15-7-5-14(18)6-8-15/h4-10,13H,1-3H3,(H,19,20). The van der Waals surface area contributed by atoms with Gasteiger partial charge < -0.3 is 5.32 Å². The van der Waals surface area contributed by atoms with E-state index < -0.39 is 0 Å². The largest absolute Gasteiger partial charge is 0.325 e. The summed E-state index contributed by atoms with van der Waals surface area (Å²) in [7, 11) is 0. The van der Waals surface area contributed by atoms with E-state index in [4.69, 9.17) is 0 Å². The van der Waals surface area contributed by atoms with Crippen LogP contribution >= 0.6 is 27.7 Å². The van der Waals surface area contributed by atoms with Crippen LogP contribution in [-0.4, -0.2) is 11.2 Å². The van der Waals surface area contributed by atoms with Gasteiger partial charge in [-0.1, -0.05) is 33.6 Å². The van der Waals surface area contributed by atoms with Crippen molar-refractivity contribution in [1.29, 1.82) is 0 Å². The average Bonchev–Trinajstić information content (AvgIpc) is 2.44. The Bertz CT molecular complexity index is 640. The Morgan fingerprint density at radius 1 is 1.14 bits per heavy atom. The molecule has 0 aliphatic rings. The maximum atomic E-state index is 12.3. The molecule has 0 saturated heterocycles. The summed E-state index contributed by atoms with van der Waals surface area (Å²) in [4.78, 5) is 13.4. The number of carbonyl (C=O) groups is 1. The number of hydrogen-bond donors (Lipinski definition) is 1. The maximum absolute atomic E-state index is 12.3. The highest BCUT2D eigenvalue weighted by Crippen LogP contribution is 2.26. The van der Waals surface area contributed by atoms with Gasteiger partial charge in [-0.25, -0.2) is 0 Å². The number of anilines is 1. The van der Waals surface area contributed by atoms with Crippen LogP contribution in [0.3, 0.4) is 0 Å². The highest BCUT2D eigenvalue weighted by Gasteiger charge is 2.15. The third-order valence-electron chi connectivity index (χ3n) is 3.14. The van der Waals surface area contributed by atoms with Crippen molar-refractivity contribution < 1.29 is 4.79 Å². The first-order valence-corrected chi connectivity index (χ1v) is 8.43. The number of aryl methyl sites for hydroxylation is 2. The molecule has 21 heavy (non-hydrogen) atoms. The molecular weight excluding hydrogens is 346 g/mol. The maximum Gasteiger partial charge on any atom is 0.237 e. The molecule has 2 nitrogen and oxygen atoms in total. The molecule has 110 valence electrons. The molecule has 2 aromatic carbocycles. The molecule has 1 N–H and O–H groups in total. The fourth-order valence-electron chi connectivity index (χ4n) is 1.96. The third kappa shape index (κ3) is 4.61. The molecule has 0 aliphatic heterocycles. The molecule has 0 aliphatic carbocycles. The van der Waals surface area contributed by atoms with Crippen LogP contribution in [0.5, 0.6) is 0 Å². The lowest BCUT2D eigenvalue weighted by Crippen LogP contribution is -2.22. The van der Waals surface area contributed by atoms with Crippen molar-refractivity contribution in [3.8, 4) is 0 Å². The minimum absolute atomic E-state index is 0.0230. The Balaban J connectivity index is 2.00. The van der Waals surface area contributed by atoms with Crippen molar-refractivity contribution in [3.63, 3.8) is 0 Å². The quantitative estimate of drug-likeness (QED) is 0.757. The topological polar surface area (TPSA) is 29.1 Å². The zero-order valence-corrected chi connectivity index (χ0v) is 14.7. The van der Waals surface area contributed by atoms with E-state index in [1.54, 1.807) is 11.8 Å². The van der Waals surface area contributed by atoms with Gasteiger partial charge in [0.2, 0.25) is 5.91 Å². The van der Waals surface area contributed by atoms with Gasteiger partial charge in [0.15, 0.2) is 0 Å². The second-order valence-electron chi connectivity index (χ2n) is 5.02. The predicted octanol–water partition coefficient (Wildman–Crippen LogP) is 5.19. The molecule has 0 bridgehead atoms. The van der Waals surface area contributed by atoms with Crippen molar-refractivity contribution in [2.45, 2.75) is 30.9 Å². The van der Waals surface area contributed by atoms with Gasteiger partial charge in [-0.15, -0.1) is 11.8 Å². The average molecular weight is 364 g/mol. The van der Waals surface area contributed by atoms with Gasteiger partial charge in [-0.3, -0.25) is 4.79 Å². The summed E-state index contributed by atoms with van der Waals surface area (Å²) in [6.45, 7) is 5.98. The van der Waals surface area contributed by atoms with Crippen LogP contribution in [0.2, 0.25) is 0 Å². The summed E-state index contributed by atoms with van der Waals surface area (Å²) in [6.07, 6.45) is 0. The highest BCUT2D eigenvalue weighted by atomic mass is 79.9. The van der Waals surface area contributed by atoms with Crippen molar-refractivity contribution >= 4 is 39.3 Å². The summed E-state index contributed by atoms with van der Waals surface area (Å²) in [5.74, 6) is 0.0230. The van der Waals surface area contributed by atoms with E-state index in [1.165, 1.54) is 5.56 Å². The van der Waals surface area contributed by atoms with Crippen LogP contribution in [0.25, 0.3) is 0 Å². The molecule has 4 heteroatoms. The van der Waals surface area contributed by atoms with Crippen LogP contribution in [0, 0.1) is 13.8 Å². The number of halogens is 1. The summed E-state index contributed by atoms with van der Waals surface area (Å²) < 4.78 is 1.04. The van der Waals surface area contributed by atoms with E-state index in [0.29, 0.717) is 0 Å². The summed E-state index contributed by atoms with van der Waals surface area (Å²) in [5, 5.41) is 2.85. The number of amides is 1. The van der Waals surface area contributed by atoms with Gasteiger partial charge in [0, 0.05) is 15.1 Å². The molecule has 0 saturated carbocycles. The fraction of sp³-hybridized carbons (Fsp3) is 0.235. The van der Waals surface area contributed by atoms with Gasteiger partial charge in [0.1, 0.15) is 0 Å². The lowest BCUT2D eigenvalue weighted by atomic mass is 10.1. The lowest BCUT2D eigenvalue weighted by molar-refractivity contribution is -0.115. The molecule has 0 spiro atoms. The number of carbonyl (C=O) groups excluding carboxylic acids is 1. The Morgan fingerprint density at radius 2 is 1.81 bits per heavy atom. The molecule has 0 heterocycles. The minimum atomic E-state index is -0.146. The molecular formula is C17H18BrNOS. The van der Waals surface area contributed by atoms with Crippen LogP contribution in [0.15, 0.2) is 51.8 Å². The predicted molar refractivity (Wildman–Crippen MR) is 94.0 cm³/mol. The van der Waals surface area contributed by atoms with Crippen molar-refractivity contribution in [2.24, 2.45) is 0 Å². The summed E-state index contributed by atoms with van der Waals surface area (Å²) in [6, 6.07) is 14.0. The second-order valence-corrected chi connectivity index (χ2v) is 7.35. The number of thioether (sulfide) groups is 1. The minimum Gasteiger partial charge on any atom is -0.325 e. The SMILES string of the molecule is Cc1ccc(NC(=O)C(C)Sc2ccc(Br)cc2)c(C)c1. The Morgan fingerprint density at radius 3 is 2.43 bits per heavy atom. The highest BCUT2D eigenvalue weighted by molar-refractivity contribution is 9.10. The van der Waals surface area contributed by atoms with Gasteiger partial charge in [-0.05, 0) is 56.7 Å². The third-order valence-corrected chi connectivity index (χ3v) is 4.78. The van der Waals surface area contributed by atoms with Gasteiger partial charge in [-0.2, -0.15) is 0 Å². The first-order chi connectivity index (χ1) is 9.95. The van der Waals surface area contributed by atoms with E-state index in [2.05, 4.69) is 27.3 Å². The number of rotatable bonds is 4. The van der Waals surface area contributed by atoms with Crippen molar-refractivity contribution in [1.82, 2.24) is 0 Å². The molecule has 2 aromatic rings. The van der Waals surface area contributed by atoms with Crippen LogP contribution in [-0.2, 0) is 4.79 Å². The Kier molecular flexibility index (Phi) is 5.48. The second kappa shape index (κ2) is 7.14. The van der Waals surface area contributed by atoms with Gasteiger partial charge in [0.25, 0.3) is 0 Å². The molecule has 1 atom stereocenters. The molecule has 1 unspecified atom stereocenters. The van der Waals surface area contributed by atoms with Crippen molar-refractivity contribution in [3.05, 3.63) is 58.1 Å².